The summed E-state index contributed by atoms with van der Waals surface area (Å²) >= 11 is 0. The number of carbonyl (C=O) groups excluding carboxylic acids is 1. The molecule has 124 valence electrons. The van der Waals surface area contributed by atoms with Crippen LogP contribution in [0, 0.1) is 0 Å². The molecule has 0 unspecified atom stereocenters. The number of nitrogens with zero attached hydrogens (tertiary/aromatic N) is 2. The number of amides is 2. The fourth-order valence-electron chi connectivity index (χ4n) is 2.17. The third-order valence-corrected chi connectivity index (χ3v) is 3.36. The van der Waals surface area contributed by atoms with E-state index in [0.717, 1.165) is 0 Å². The number of benzene rings is 1. The zero-order chi connectivity index (χ0) is 16.9. The summed E-state index contributed by atoms with van der Waals surface area (Å²) in [6.45, 7) is 6.47. The molecule has 0 aromatic heterocycles. The van der Waals surface area contributed by atoms with Crippen LogP contribution in [0.5, 0.6) is 0 Å². The molecule has 0 bridgehead atoms. The van der Waals surface area contributed by atoms with Gasteiger partial charge < -0.3 is 20.4 Å². The Morgan fingerprint density at radius 3 is 2.05 bits per heavy atom. The number of rotatable bonds is 5. The third kappa shape index (κ3) is 5.93. The minimum atomic E-state index is -0.231. The van der Waals surface area contributed by atoms with Crippen molar-refractivity contribution in [1.82, 2.24) is 15.5 Å². The summed E-state index contributed by atoms with van der Waals surface area (Å²) in [5, 5.41) is 5.87. The smallest absolute Gasteiger partial charge is 0.315 e. The van der Waals surface area contributed by atoms with E-state index in [1.165, 1.54) is 11.3 Å². The van der Waals surface area contributed by atoms with Crippen LogP contribution in [0.2, 0.25) is 0 Å². The number of hydrogen-bond acceptors (Lipinski definition) is 3. The number of hydrogen-bond donors (Lipinski definition) is 2. The first-order valence-corrected chi connectivity index (χ1v) is 7.60. The molecule has 5 nitrogen and oxygen atoms in total. The van der Waals surface area contributed by atoms with Crippen LogP contribution in [0.15, 0.2) is 24.3 Å². The maximum Gasteiger partial charge on any atom is 0.315 e. The Morgan fingerprint density at radius 2 is 1.64 bits per heavy atom. The van der Waals surface area contributed by atoms with E-state index in [4.69, 9.17) is 0 Å². The first-order valence-electron chi connectivity index (χ1n) is 7.60. The van der Waals surface area contributed by atoms with Gasteiger partial charge in [0, 0.05) is 31.9 Å². The Bertz CT molecular complexity index is 474. The number of nitrogens with one attached hydrogen (secondary N) is 2. The highest BCUT2D eigenvalue weighted by Gasteiger charge is 2.18. The number of anilines is 1. The van der Waals surface area contributed by atoms with Crippen LogP contribution in [-0.4, -0.2) is 51.2 Å². The Hall–Kier alpha value is -1.75. The molecule has 5 heteroatoms. The normalized spacial score (nSPS) is 12.9. The van der Waals surface area contributed by atoms with Gasteiger partial charge in [0.1, 0.15) is 0 Å². The molecule has 1 atom stereocenters. The third-order valence-electron chi connectivity index (χ3n) is 3.36. The fourth-order valence-corrected chi connectivity index (χ4v) is 2.17. The van der Waals surface area contributed by atoms with Gasteiger partial charge in [-0.2, -0.15) is 0 Å². The standard InChI is InChI=1S/C17H30N4O/c1-17(2,3)19-16(22)18-12-15(21(6)7)13-8-10-14(11-9-13)20(4)5/h8-11,15H,12H2,1-7H3,(H2,18,19,22)/t15-/m1/s1. The van der Waals surface area contributed by atoms with Crippen LogP contribution in [-0.2, 0) is 0 Å². The fraction of sp³-hybridized carbons (Fsp3) is 0.588. The van der Waals surface area contributed by atoms with Crippen molar-refractivity contribution < 1.29 is 4.79 Å². The summed E-state index contributed by atoms with van der Waals surface area (Å²) in [5.74, 6) is 0. The lowest BCUT2D eigenvalue weighted by Crippen LogP contribution is -2.48. The molecule has 0 heterocycles. The van der Waals surface area contributed by atoms with E-state index >= 15 is 0 Å². The first-order chi connectivity index (χ1) is 10.1. The quantitative estimate of drug-likeness (QED) is 0.878. The molecule has 0 aliphatic carbocycles. The highest BCUT2D eigenvalue weighted by atomic mass is 16.2. The molecule has 22 heavy (non-hydrogen) atoms. The van der Waals surface area contributed by atoms with Gasteiger partial charge in [-0.1, -0.05) is 12.1 Å². The lowest BCUT2D eigenvalue weighted by molar-refractivity contribution is 0.224. The van der Waals surface area contributed by atoms with Gasteiger partial charge >= 0.3 is 6.03 Å². The molecular weight excluding hydrogens is 276 g/mol. The Morgan fingerprint density at radius 1 is 1.09 bits per heavy atom. The summed E-state index contributed by atoms with van der Waals surface area (Å²) in [5.41, 5.74) is 2.12. The molecule has 2 N–H and O–H groups in total. The predicted octanol–water partition coefficient (Wildman–Crippen LogP) is 2.45. The molecule has 0 radical (unpaired) electrons. The van der Waals surface area contributed by atoms with E-state index in [9.17, 15) is 4.79 Å². The molecule has 0 fully saturated rings. The van der Waals surface area contributed by atoms with Crippen LogP contribution < -0.4 is 15.5 Å². The molecule has 0 aliphatic heterocycles. The van der Waals surface area contributed by atoms with E-state index in [1.54, 1.807) is 0 Å². The van der Waals surface area contributed by atoms with Gasteiger partial charge in [0.15, 0.2) is 0 Å². The van der Waals surface area contributed by atoms with E-state index in [-0.39, 0.29) is 17.6 Å². The maximum absolute atomic E-state index is 11.9. The van der Waals surface area contributed by atoms with Gasteiger partial charge in [-0.25, -0.2) is 4.79 Å². The molecule has 0 spiro atoms. The van der Waals surface area contributed by atoms with Crippen molar-refractivity contribution in [3.05, 3.63) is 29.8 Å². The van der Waals surface area contributed by atoms with E-state index in [1.807, 2.05) is 49.0 Å². The minimum Gasteiger partial charge on any atom is -0.378 e. The SMILES string of the molecule is CN(C)c1ccc([C@@H](CNC(=O)NC(C)(C)C)N(C)C)cc1. The van der Waals surface area contributed by atoms with Crippen molar-refractivity contribution >= 4 is 11.7 Å². The van der Waals surface area contributed by atoms with Gasteiger partial charge in [-0.15, -0.1) is 0 Å². The average molecular weight is 306 g/mol. The monoisotopic (exact) mass is 306 g/mol. The van der Waals surface area contributed by atoms with E-state index in [2.05, 4.69) is 44.7 Å². The molecule has 0 aliphatic rings. The van der Waals surface area contributed by atoms with Gasteiger partial charge in [0.2, 0.25) is 0 Å². The molecule has 1 aromatic carbocycles. The van der Waals surface area contributed by atoms with Crippen molar-refractivity contribution in [2.75, 3.05) is 39.6 Å². The average Bonchev–Trinajstić information content (AvgIpc) is 2.37. The summed E-state index contributed by atoms with van der Waals surface area (Å²) in [7, 11) is 8.09. The van der Waals surface area contributed by atoms with Crippen LogP contribution >= 0.6 is 0 Å². The summed E-state index contributed by atoms with van der Waals surface area (Å²) in [4.78, 5) is 16.1. The zero-order valence-electron chi connectivity index (χ0n) is 14.9. The molecular formula is C17H30N4O. The van der Waals surface area contributed by atoms with E-state index in [0.29, 0.717) is 6.54 Å². The topological polar surface area (TPSA) is 47.6 Å². The summed E-state index contributed by atoms with van der Waals surface area (Å²) in [6, 6.07) is 8.43. The molecule has 2 amide bonds. The summed E-state index contributed by atoms with van der Waals surface area (Å²) < 4.78 is 0. The Balaban J connectivity index is 2.72. The molecule has 0 saturated heterocycles. The second kappa shape index (κ2) is 7.49. The van der Waals surface area contributed by atoms with Crippen molar-refractivity contribution in [3.63, 3.8) is 0 Å². The van der Waals surface area contributed by atoms with Crippen molar-refractivity contribution in [1.29, 1.82) is 0 Å². The van der Waals surface area contributed by atoms with Gasteiger partial charge in [0.25, 0.3) is 0 Å². The van der Waals surface area contributed by atoms with Gasteiger partial charge in [0.05, 0.1) is 6.04 Å². The number of carbonyl (C=O) groups is 1. The number of likely N-dealkylation sites (N-methyl/N-ethyl adjacent to an activating group) is 1. The lowest BCUT2D eigenvalue weighted by Gasteiger charge is -2.27. The lowest BCUT2D eigenvalue weighted by atomic mass is 10.1. The molecule has 0 saturated carbocycles. The summed E-state index contributed by atoms with van der Waals surface area (Å²) in [6.07, 6.45) is 0. The largest absolute Gasteiger partial charge is 0.378 e. The van der Waals surface area contributed by atoms with Crippen molar-refractivity contribution in [2.24, 2.45) is 0 Å². The van der Waals surface area contributed by atoms with Crippen LogP contribution in [0.25, 0.3) is 0 Å². The zero-order valence-corrected chi connectivity index (χ0v) is 14.9. The van der Waals surface area contributed by atoms with Crippen molar-refractivity contribution in [3.8, 4) is 0 Å². The maximum atomic E-state index is 11.9. The number of urea groups is 1. The highest BCUT2D eigenvalue weighted by Crippen LogP contribution is 2.20. The second-order valence-corrected chi connectivity index (χ2v) is 7.05. The van der Waals surface area contributed by atoms with Crippen molar-refractivity contribution in [2.45, 2.75) is 32.4 Å². The van der Waals surface area contributed by atoms with Crippen LogP contribution in [0.4, 0.5) is 10.5 Å². The second-order valence-electron chi connectivity index (χ2n) is 7.05. The van der Waals surface area contributed by atoms with Gasteiger partial charge in [-0.05, 0) is 52.6 Å². The first kappa shape index (κ1) is 18.3. The minimum absolute atomic E-state index is 0.135. The Labute approximate surface area is 134 Å². The molecule has 1 aromatic rings. The van der Waals surface area contributed by atoms with Crippen LogP contribution in [0.3, 0.4) is 0 Å². The highest BCUT2D eigenvalue weighted by molar-refractivity contribution is 5.74. The van der Waals surface area contributed by atoms with Gasteiger partial charge in [-0.3, -0.25) is 0 Å². The molecule has 1 rings (SSSR count). The predicted molar refractivity (Wildman–Crippen MR) is 93.5 cm³/mol. The van der Waals surface area contributed by atoms with E-state index < -0.39 is 0 Å². The Kier molecular flexibility index (Phi) is 6.23. The van der Waals surface area contributed by atoms with Crippen LogP contribution in [0.1, 0.15) is 32.4 Å².